The minimum absolute atomic E-state index is 0.0837. The van der Waals surface area contributed by atoms with Crippen LogP contribution in [-0.2, 0) is 0 Å². The molecule has 1 aromatic heterocycles. The molecule has 2 rings (SSSR count). The molecule has 0 amide bonds. The van der Waals surface area contributed by atoms with E-state index >= 15 is 0 Å². The molecule has 0 aliphatic rings. The highest BCUT2D eigenvalue weighted by Crippen LogP contribution is 2.36. The van der Waals surface area contributed by atoms with E-state index in [4.69, 9.17) is 9.47 Å². The number of phenols is 1. The molecule has 1 aromatic carbocycles. The average Bonchev–Trinajstić information content (AvgIpc) is 2.52. The summed E-state index contributed by atoms with van der Waals surface area (Å²) in [5, 5.41) is 13.8. The summed E-state index contributed by atoms with van der Waals surface area (Å²) in [5.41, 5.74) is 3.52. The van der Waals surface area contributed by atoms with E-state index in [9.17, 15) is 9.90 Å². The number of hydrazone groups is 1. The molecule has 0 bridgehead atoms. The third-order valence-electron chi connectivity index (χ3n) is 2.86. The molecule has 1 heterocycles. The van der Waals surface area contributed by atoms with Gasteiger partial charge in [-0.1, -0.05) is 0 Å². The van der Waals surface area contributed by atoms with E-state index in [0.29, 0.717) is 11.1 Å². The molecule has 0 fully saturated rings. The SMILES string of the molecule is COc1cc(C=NNc2ncc(C)c(=O)[nH]2)cc(OC)c1O. The standard InChI is InChI=1S/C14H16N4O4/c1-8-6-15-14(17-13(8)20)18-16-7-9-4-10(21-2)12(19)11(5-9)22-3/h4-7,19H,1-3H3,(H2,15,17,18,20). The number of benzene rings is 1. The summed E-state index contributed by atoms with van der Waals surface area (Å²) in [6.07, 6.45) is 2.92. The van der Waals surface area contributed by atoms with Crippen LogP contribution in [0.2, 0.25) is 0 Å². The van der Waals surface area contributed by atoms with Crippen molar-refractivity contribution in [3.05, 3.63) is 39.8 Å². The van der Waals surface area contributed by atoms with Crippen molar-refractivity contribution in [3.8, 4) is 17.2 Å². The van der Waals surface area contributed by atoms with Gasteiger partial charge in [0.1, 0.15) is 0 Å². The number of ether oxygens (including phenoxy) is 2. The van der Waals surface area contributed by atoms with Crippen molar-refractivity contribution >= 4 is 12.2 Å². The van der Waals surface area contributed by atoms with Crippen molar-refractivity contribution in [1.82, 2.24) is 9.97 Å². The summed E-state index contributed by atoms with van der Waals surface area (Å²) in [7, 11) is 2.88. The van der Waals surface area contributed by atoms with Crippen molar-refractivity contribution < 1.29 is 14.6 Å². The number of aromatic amines is 1. The number of nitrogens with zero attached hydrogens (tertiary/aromatic N) is 2. The van der Waals surface area contributed by atoms with Crippen molar-refractivity contribution in [2.24, 2.45) is 5.10 Å². The highest BCUT2D eigenvalue weighted by atomic mass is 16.5. The molecule has 0 radical (unpaired) electrons. The van der Waals surface area contributed by atoms with Crippen molar-refractivity contribution in [2.75, 3.05) is 19.6 Å². The fourth-order valence-electron chi connectivity index (χ4n) is 1.67. The van der Waals surface area contributed by atoms with Crippen LogP contribution in [0.3, 0.4) is 0 Å². The predicted octanol–water partition coefficient (Wildman–Crippen LogP) is 1.25. The number of hydrogen-bond donors (Lipinski definition) is 3. The van der Waals surface area contributed by atoms with Crippen LogP contribution in [-0.4, -0.2) is 35.5 Å². The summed E-state index contributed by atoms with van der Waals surface area (Å²) in [5.74, 6) is 0.675. The molecular weight excluding hydrogens is 288 g/mol. The molecular formula is C14H16N4O4. The molecule has 0 unspecified atom stereocenters. The number of methoxy groups -OCH3 is 2. The zero-order valence-corrected chi connectivity index (χ0v) is 12.4. The zero-order valence-electron chi connectivity index (χ0n) is 12.4. The van der Waals surface area contributed by atoms with Crippen LogP contribution < -0.4 is 20.5 Å². The fraction of sp³-hybridized carbons (Fsp3) is 0.214. The minimum Gasteiger partial charge on any atom is -0.502 e. The Morgan fingerprint density at radius 2 is 1.95 bits per heavy atom. The van der Waals surface area contributed by atoms with Gasteiger partial charge in [-0.15, -0.1) is 0 Å². The van der Waals surface area contributed by atoms with Crippen LogP contribution >= 0.6 is 0 Å². The summed E-state index contributed by atoms with van der Waals surface area (Å²) >= 11 is 0. The fourth-order valence-corrected chi connectivity index (χ4v) is 1.67. The van der Waals surface area contributed by atoms with E-state index in [1.807, 2.05) is 0 Å². The second-order valence-electron chi connectivity index (χ2n) is 4.39. The Hall–Kier alpha value is -3.03. The maximum Gasteiger partial charge on any atom is 0.255 e. The second kappa shape index (κ2) is 6.61. The number of H-pyrrole nitrogens is 1. The smallest absolute Gasteiger partial charge is 0.255 e. The molecule has 8 heteroatoms. The number of hydrogen-bond acceptors (Lipinski definition) is 7. The predicted molar refractivity (Wildman–Crippen MR) is 82.0 cm³/mol. The largest absolute Gasteiger partial charge is 0.502 e. The van der Waals surface area contributed by atoms with Crippen molar-refractivity contribution in [1.29, 1.82) is 0 Å². The van der Waals surface area contributed by atoms with Gasteiger partial charge in [-0.25, -0.2) is 10.4 Å². The maximum absolute atomic E-state index is 11.4. The lowest BCUT2D eigenvalue weighted by Crippen LogP contribution is -2.12. The molecule has 0 saturated carbocycles. The first kappa shape index (κ1) is 15.4. The van der Waals surface area contributed by atoms with Crippen LogP contribution in [0.5, 0.6) is 17.2 Å². The van der Waals surface area contributed by atoms with E-state index in [2.05, 4.69) is 20.5 Å². The lowest BCUT2D eigenvalue weighted by Gasteiger charge is -2.09. The Balaban J connectivity index is 2.19. The third kappa shape index (κ3) is 3.35. The lowest BCUT2D eigenvalue weighted by molar-refractivity contribution is 0.340. The van der Waals surface area contributed by atoms with Crippen LogP contribution in [0.25, 0.3) is 0 Å². The topological polar surface area (TPSA) is 109 Å². The highest BCUT2D eigenvalue weighted by Gasteiger charge is 2.10. The highest BCUT2D eigenvalue weighted by molar-refractivity contribution is 5.82. The van der Waals surface area contributed by atoms with Gasteiger partial charge in [0, 0.05) is 17.3 Å². The molecule has 22 heavy (non-hydrogen) atoms. The van der Waals surface area contributed by atoms with Crippen LogP contribution in [0, 0.1) is 6.92 Å². The van der Waals surface area contributed by atoms with Gasteiger partial charge in [-0.3, -0.25) is 9.78 Å². The molecule has 8 nitrogen and oxygen atoms in total. The average molecular weight is 304 g/mol. The number of nitrogens with one attached hydrogen (secondary N) is 2. The van der Waals surface area contributed by atoms with Gasteiger partial charge in [0.15, 0.2) is 11.5 Å². The number of aromatic nitrogens is 2. The first-order valence-electron chi connectivity index (χ1n) is 6.35. The van der Waals surface area contributed by atoms with Crippen molar-refractivity contribution in [2.45, 2.75) is 6.92 Å². The summed E-state index contributed by atoms with van der Waals surface area (Å²) in [4.78, 5) is 17.9. The van der Waals surface area contributed by atoms with Crippen LogP contribution in [0.4, 0.5) is 5.95 Å². The summed E-state index contributed by atoms with van der Waals surface area (Å²) in [6.45, 7) is 1.66. The number of phenolic OH excluding ortho intramolecular Hbond substituents is 1. The first-order valence-corrected chi connectivity index (χ1v) is 6.35. The summed E-state index contributed by atoms with van der Waals surface area (Å²) in [6, 6.07) is 3.18. The molecule has 0 aliphatic carbocycles. The number of aromatic hydroxyl groups is 1. The minimum atomic E-state index is -0.235. The molecule has 116 valence electrons. The van der Waals surface area contributed by atoms with Gasteiger partial charge in [-0.05, 0) is 19.1 Å². The number of rotatable bonds is 5. The summed E-state index contributed by atoms with van der Waals surface area (Å²) < 4.78 is 10.1. The molecule has 0 aliphatic heterocycles. The molecule has 0 saturated heterocycles. The van der Waals surface area contributed by atoms with Gasteiger partial charge in [0.2, 0.25) is 11.7 Å². The van der Waals surface area contributed by atoms with E-state index in [1.54, 1.807) is 19.1 Å². The molecule has 0 atom stereocenters. The quantitative estimate of drug-likeness (QED) is 0.566. The lowest BCUT2D eigenvalue weighted by atomic mass is 10.2. The van der Waals surface area contributed by atoms with Gasteiger partial charge < -0.3 is 14.6 Å². The van der Waals surface area contributed by atoms with E-state index in [1.165, 1.54) is 26.6 Å². The zero-order chi connectivity index (χ0) is 16.1. The van der Waals surface area contributed by atoms with Gasteiger partial charge in [0.05, 0.1) is 20.4 Å². The Kier molecular flexibility index (Phi) is 4.62. The van der Waals surface area contributed by atoms with Gasteiger partial charge in [0.25, 0.3) is 5.56 Å². The van der Waals surface area contributed by atoms with E-state index in [-0.39, 0.29) is 28.8 Å². The third-order valence-corrected chi connectivity index (χ3v) is 2.86. The molecule has 2 aromatic rings. The number of aryl methyl sites for hydroxylation is 1. The van der Waals surface area contributed by atoms with Crippen LogP contribution in [0.1, 0.15) is 11.1 Å². The van der Waals surface area contributed by atoms with Crippen molar-refractivity contribution in [3.63, 3.8) is 0 Å². The first-order chi connectivity index (χ1) is 10.5. The Labute approximate surface area is 126 Å². The second-order valence-corrected chi connectivity index (χ2v) is 4.39. The van der Waals surface area contributed by atoms with Crippen LogP contribution in [0.15, 0.2) is 28.2 Å². The Bertz CT molecular complexity index is 730. The molecule has 3 N–H and O–H groups in total. The van der Waals surface area contributed by atoms with E-state index in [0.717, 1.165) is 0 Å². The van der Waals surface area contributed by atoms with E-state index < -0.39 is 0 Å². The monoisotopic (exact) mass is 304 g/mol. The number of anilines is 1. The normalized spacial score (nSPS) is 10.7. The Morgan fingerprint density at radius 1 is 1.32 bits per heavy atom. The maximum atomic E-state index is 11.4. The molecule has 0 spiro atoms. The Morgan fingerprint density at radius 3 is 2.50 bits per heavy atom. The van der Waals surface area contributed by atoms with Gasteiger partial charge >= 0.3 is 0 Å². The van der Waals surface area contributed by atoms with Gasteiger partial charge in [-0.2, -0.15) is 5.10 Å².